The lowest BCUT2D eigenvalue weighted by Gasteiger charge is -2.06. The van der Waals surface area contributed by atoms with Crippen LogP contribution in [0.1, 0.15) is 19.3 Å². The van der Waals surface area contributed by atoms with Crippen LogP contribution in [0.5, 0.6) is 5.75 Å². The van der Waals surface area contributed by atoms with Crippen LogP contribution in [0.25, 0.3) is 0 Å². The van der Waals surface area contributed by atoms with Crippen LogP contribution in [0.4, 0.5) is 4.39 Å². The van der Waals surface area contributed by atoms with Gasteiger partial charge in [-0.2, -0.15) is 0 Å². The molecule has 0 aliphatic heterocycles. The summed E-state index contributed by atoms with van der Waals surface area (Å²) in [6.45, 7) is 4.18. The molecule has 0 saturated carbocycles. The van der Waals surface area contributed by atoms with E-state index >= 15 is 0 Å². The fourth-order valence-electron chi connectivity index (χ4n) is 1.17. The van der Waals surface area contributed by atoms with E-state index in [4.69, 9.17) is 4.74 Å². The normalized spacial score (nSPS) is 10.0. The molecule has 0 spiro atoms. The van der Waals surface area contributed by atoms with Crippen molar-refractivity contribution in [3.8, 4) is 5.75 Å². The van der Waals surface area contributed by atoms with Crippen molar-refractivity contribution in [2.45, 2.75) is 19.3 Å². The molecule has 1 aromatic carbocycles. The van der Waals surface area contributed by atoms with E-state index in [0.29, 0.717) is 12.4 Å². The maximum Gasteiger partial charge on any atom is 0.166 e. The van der Waals surface area contributed by atoms with Crippen molar-refractivity contribution in [2.24, 2.45) is 0 Å². The topological polar surface area (TPSA) is 9.23 Å². The smallest absolute Gasteiger partial charge is 0.166 e. The number of benzene rings is 1. The maximum atomic E-state index is 13.3. The van der Waals surface area contributed by atoms with Crippen LogP contribution in [0.3, 0.4) is 0 Å². The summed E-state index contributed by atoms with van der Waals surface area (Å²) in [4.78, 5) is 0. The molecule has 3 heteroatoms. The maximum absolute atomic E-state index is 13.3. The molecular weight excluding hydrogens is 259 g/mol. The van der Waals surface area contributed by atoms with Gasteiger partial charge in [0, 0.05) is 4.47 Å². The predicted octanol–water partition coefficient (Wildman–Crippen LogP) is 4.32. The molecule has 15 heavy (non-hydrogen) atoms. The number of unbranched alkanes of at least 4 members (excludes halogenated alkanes) is 2. The van der Waals surface area contributed by atoms with Crippen LogP contribution >= 0.6 is 15.9 Å². The van der Waals surface area contributed by atoms with E-state index in [9.17, 15) is 4.39 Å². The largest absolute Gasteiger partial charge is 0.491 e. The molecule has 1 nitrogen and oxygen atoms in total. The second-order valence-electron chi connectivity index (χ2n) is 3.21. The molecule has 0 bridgehead atoms. The molecule has 0 saturated heterocycles. The number of allylic oxidation sites excluding steroid dienone is 1. The van der Waals surface area contributed by atoms with Crippen LogP contribution in [0.15, 0.2) is 35.3 Å². The van der Waals surface area contributed by atoms with Gasteiger partial charge in [0.15, 0.2) is 11.6 Å². The molecular formula is C12H14BrFO. The highest BCUT2D eigenvalue weighted by atomic mass is 79.9. The lowest BCUT2D eigenvalue weighted by molar-refractivity contribution is 0.292. The van der Waals surface area contributed by atoms with E-state index in [-0.39, 0.29) is 5.82 Å². The highest BCUT2D eigenvalue weighted by Gasteiger charge is 2.02. The first-order valence-corrected chi connectivity index (χ1v) is 5.72. The molecule has 0 amide bonds. The van der Waals surface area contributed by atoms with E-state index in [2.05, 4.69) is 22.5 Å². The Morgan fingerprint density at radius 2 is 2.20 bits per heavy atom. The van der Waals surface area contributed by atoms with Gasteiger partial charge in [-0.3, -0.25) is 0 Å². The minimum absolute atomic E-state index is 0.316. The zero-order valence-corrected chi connectivity index (χ0v) is 10.1. The van der Waals surface area contributed by atoms with Gasteiger partial charge in [-0.15, -0.1) is 6.58 Å². The Labute approximate surface area is 98.1 Å². The molecule has 0 aliphatic rings. The average molecular weight is 273 g/mol. The highest BCUT2D eigenvalue weighted by molar-refractivity contribution is 9.10. The third-order valence-corrected chi connectivity index (χ3v) is 2.45. The molecule has 0 N–H and O–H groups in total. The van der Waals surface area contributed by atoms with E-state index in [1.807, 2.05) is 6.08 Å². The van der Waals surface area contributed by atoms with Crippen LogP contribution in [0.2, 0.25) is 0 Å². The van der Waals surface area contributed by atoms with Gasteiger partial charge in [-0.25, -0.2) is 4.39 Å². The van der Waals surface area contributed by atoms with E-state index < -0.39 is 0 Å². The third-order valence-electron chi connectivity index (χ3n) is 1.95. The predicted molar refractivity (Wildman–Crippen MR) is 63.6 cm³/mol. The molecule has 0 heterocycles. The van der Waals surface area contributed by atoms with Crippen molar-refractivity contribution in [1.82, 2.24) is 0 Å². The molecule has 1 rings (SSSR count). The van der Waals surface area contributed by atoms with Gasteiger partial charge in [-0.05, 0) is 37.5 Å². The Hall–Kier alpha value is -0.830. The van der Waals surface area contributed by atoms with Gasteiger partial charge in [0.25, 0.3) is 0 Å². The van der Waals surface area contributed by atoms with E-state index in [0.717, 1.165) is 23.7 Å². The third kappa shape index (κ3) is 4.47. The molecule has 0 aromatic heterocycles. The number of halogens is 2. The Bertz CT molecular complexity index is 325. The fraction of sp³-hybridized carbons (Fsp3) is 0.333. The number of hydrogen-bond acceptors (Lipinski definition) is 1. The number of ether oxygens (including phenoxy) is 1. The van der Waals surface area contributed by atoms with Crippen molar-refractivity contribution in [2.75, 3.05) is 6.61 Å². The van der Waals surface area contributed by atoms with Crippen molar-refractivity contribution >= 4 is 15.9 Å². The Kier molecular flexibility index (Phi) is 5.40. The number of hydrogen-bond donors (Lipinski definition) is 0. The van der Waals surface area contributed by atoms with Gasteiger partial charge in [-0.1, -0.05) is 22.0 Å². The fourth-order valence-corrected chi connectivity index (χ4v) is 1.50. The summed E-state index contributed by atoms with van der Waals surface area (Å²) < 4.78 is 19.3. The molecule has 1 aromatic rings. The van der Waals surface area contributed by atoms with E-state index in [1.165, 1.54) is 6.07 Å². The monoisotopic (exact) mass is 272 g/mol. The van der Waals surface area contributed by atoms with Gasteiger partial charge in [0.05, 0.1) is 6.61 Å². The second-order valence-corrected chi connectivity index (χ2v) is 4.12. The summed E-state index contributed by atoms with van der Waals surface area (Å²) in [7, 11) is 0. The molecule has 0 atom stereocenters. The molecule has 0 fully saturated rings. The summed E-state index contributed by atoms with van der Waals surface area (Å²) in [5.41, 5.74) is 0. The van der Waals surface area contributed by atoms with Gasteiger partial charge >= 0.3 is 0 Å². The van der Waals surface area contributed by atoms with Crippen molar-refractivity contribution in [3.63, 3.8) is 0 Å². The summed E-state index contributed by atoms with van der Waals surface area (Å²) in [6.07, 6.45) is 4.80. The SMILES string of the molecule is C=CCCCCOc1ccc(Br)cc1F. The zero-order valence-electron chi connectivity index (χ0n) is 8.51. The van der Waals surface area contributed by atoms with Crippen LogP contribution in [-0.2, 0) is 0 Å². The number of rotatable bonds is 6. The summed E-state index contributed by atoms with van der Waals surface area (Å²) >= 11 is 3.19. The lowest BCUT2D eigenvalue weighted by atomic mass is 10.2. The van der Waals surface area contributed by atoms with Gasteiger partial charge in [0.2, 0.25) is 0 Å². The van der Waals surface area contributed by atoms with Crippen molar-refractivity contribution in [3.05, 3.63) is 41.1 Å². The summed E-state index contributed by atoms with van der Waals surface area (Å²) in [5.74, 6) is -0.00935. The van der Waals surface area contributed by atoms with E-state index in [1.54, 1.807) is 12.1 Å². The van der Waals surface area contributed by atoms with Gasteiger partial charge in [0.1, 0.15) is 0 Å². The van der Waals surface area contributed by atoms with Gasteiger partial charge < -0.3 is 4.74 Å². The average Bonchev–Trinajstić information content (AvgIpc) is 2.20. The lowest BCUT2D eigenvalue weighted by Crippen LogP contribution is -1.98. The standard InChI is InChI=1S/C12H14BrFO/c1-2-3-4-5-8-15-12-7-6-10(13)9-11(12)14/h2,6-7,9H,1,3-5,8H2. The van der Waals surface area contributed by atoms with Crippen molar-refractivity contribution < 1.29 is 9.13 Å². The first kappa shape index (κ1) is 12.2. The first-order chi connectivity index (χ1) is 7.24. The van der Waals surface area contributed by atoms with Crippen LogP contribution in [-0.4, -0.2) is 6.61 Å². The summed E-state index contributed by atoms with van der Waals surface area (Å²) in [5, 5.41) is 0. The molecule has 0 radical (unpaired) electrons. The molecule has 82 valence electrons. The minimum atomic E-state index is -0.326. The second kappa shape index (κ2) is 6.62. The Balaban J connectivity index is 2.34. The zero-order chi connectivity index (χ0) is 11.1. The Morgan fingerprint density at radius 1 is 1.40 bits per heavy atom. The minimum Gasteiger partial charge on any atom is -0.491 e. The van der Waals surface area contributed by atoms with Crippen LogP contribution < -0.4 is 4.74 Å². The highest BCUT2D eigenvalue weighted by Crippen LogP contribution is 2.21. The molecule has 0 aliphatic carbocycles. The molecule has 0 unspecified atom stereocenters. The first-order valence-electron chi connectivity index (χ1n) is 4.93. The Morgan fingerprint density at radius 3 is 2.87 bits per heavy atom. The van der Waals surface area contributed by atoms with Crippen LogP contribution in [0, 0.1) is 5.82 Å². The quantitative estimate of drug-likeness (QED) is 0.554. The van der Waals surface area contributed by atoms with Crippen molar-refractivity contribution in [1.29, 1.82) is 0 Å². The summed E-state index contributed by atoms with van der Waals surface area (Å²) in [6, 6.07) is 4.80.